The Morgan fingerprint density at radius 3 is 2.68 bits per heavy atom. The molecule has 134 valence electrons. The van der Waals surface area contributed by atoms with Gasteiger partial charge in [0.05, 0.1) is 18.5 Å². The van der Waals surface area contributed by atoms with Crippen molar-refractivity contribution < 1.29 is 13.2 Å². The van der Waals surface area contributed by atoms with E-state index in [0.29, 0.717) is 24.3 Å². The summed E-state index contributed by atoms with van der Waals surface area (Å²) in [6.07, 6.45) is 3.77. The summed E-state index contributed by atoms with van der Waals surface area (Å²) < 4.78 is 25.2. The molecule has 1 aromatic carbocycles. The standard InChI is InChI=1S/C18H22N2O3S2/c1-3-15-7-8-16(24-15)12-19-18(21)14-6-9-17-13(11-14)5-4-10-20(17)25(2,22)23/h6-9,11H,3-5,10,12H2,1-2H3,(H,19,21). The van der Waals surface area contributed by atoms with Crippen LogP contribution in [0.25, 0.3) is 0 Å². The predicted molar refractivity (Wildman–Crippen MR) is 102 cm³/mol. The average Bonchev–Trinajstić information content (AvgIpc) is 3.06. The van der Waals surface area contributed by atoms with Gasteiger partial charge in [-0.2, -0.15) is 0 Å². The van der Waals surface area contributed by atoms with Gasteiger partial charge in [0, 0.05) is 21.9 Å². The number of carbonyl (C=O) groups is 1. The van der Waals surface area contributed by atoms with E-state index in [1.165, 1.54) is 15.4 Å². The molecular formula is C18H22N2O3S2. The largest absolute Gasteiger partial charge is 0.347 e. The molecule has 0 saturated heterocycles. The molecule has 0 unspecified atom stereocenters. The first-order valence-electron chi connectivity index (χ1n) is 8.35. The third-order valence-electron chi connectivity index (χ3n) is 4.31. The minimum atomic E-state index is -3.28. The lowest BCUT2D eigenvalue weighted by Gasteiger charge is -2.29. The Morgan fingerprint density at radius 1 is 1.24 bits per heavy atom. The molecule has 1 aromatic heterocycles. The molecule has 1 amide bonds. The van der Waals surface area contributed by atoms with E-state index < -0.39 is 10.0 Å². The van der Waals surface area contributed by atoms with Crippen molar-refractivity contribution in [1.82, 2.24) is 5.32 Å². The van der Waals surface area contributed by atoms with E-state index >= 15 is 0 Å². The number of carbonyl (C=O) groups excluding carboxylic acids is 1. The van der Waals surface area contributed by atoms with Gasteiger partial charge in [-0.1, -0.05) is 6.92 Å². The van der Waals surface area contributed by atoms with Crippen molar-refractivity contribution in [3.05, 3.63) is 51.2 Å². The van der Waals surface area contributed by atoms with Crippen molar-refractivity contribution in [2.75, 3.05) is 17.1 Å². The lowest BCUT2D eigenvalue weighted by atomic mass is 10.0. The van der Waals surface area contributed by atoms with Crippen LogP contribution in [0.5, 0.6) is 0 Å². The van der Waals surface area contributed by atoms with Gasteiger partial charge in [0.2, 0.25) is 10.0 Å². The molecule has 1 aliphatic rings. The third kappa shape index (κ3) is 4.04. The number of hydrogen-bond donors (Lipinski definition) is 1. The highest BCUT2D eigenvalue weighted by Gasteiger charge is 2.24. The van der Waals surface area contributed by atoms with Crippen LogP contribution in [-0.4, -0.2) is 27.1 Å². The molecule has 0 radical (unpaired) electrons. The van der Waals surface area contributed by atoms with Gasteiger partial charge in [0.1, 0.15) is 0 Å². The molecule has 2 heterocycles. The van der Waals surface area contributed by atoms with Crippen molar-refractivity contribution in [2.24, 2.45) is 0 Å². The SMILES string of the molecule is CCc1ccc(CNC(=O)c2ccc3c(c2)CCCN3S(C)(=O)=O)s1. The van der Waals surface area contributed by atoms with Crippen LogP contribution in [-0.2, 0) is 29.4 Å². The summed E-state index contributed by atoms with van der Waals surface area (Å²) in [7, 11) is -3.28. The van der Waals surface area contributed by atoms with Crippen molar-refractivity contribution in [1.29, 1.82) is 0 Å². The highest BCUT2D eigenvalue weighted by atomic mass is 32.2. The predicted octanol–water partition coefficient (Wildman–Crippen LogP) is 2.95. The van der Waals surface area contributed by atoms with Crippen LogP contribution >= 0.6 is 11.3 Å². The van der Waals surface area contributed by atoms with Gasteiger partial charge in [0.25, 0.3) is 5.91 Å². The van der Waals surface area contributed by atoms with Gasteiger partial charge in [-0.25, -0.2) is 8.42 Å². The Bertz CT molecular complexity index is 887. The number of nitrogens with one attached hydrogen (secondary N) is 1. The van der Waals surface area contributed by atoms with Crippen LogP contribution in [0.1, 0.15) is 39.0 Å². The van der Waals surface area contributed by atoms with E-state index in [4.69, 9.17) is 0 Å². The summed E-state index contributed by atoms with van der Waals surface area (Å²) in [5.41, 5.74) is 2.17. The topological polar surface area (TPSA) is 66.5 Å². The van der Waals surface area contributed by atoms with E-state index in [-0.39, 0.29) is 5.91 Å². The zero-order valence-electron chi connectivity index (χ0n) is 14.4. The molecule has 0 bridgehead atoms. The second-order valence-electron chi connectivity index (χ2n) is 6.19. The highest BCUT2D eigenvalue weighted by Crippen LogP contribution is 2.29. The fourth-order valence-corrected chi connectivity index (χ4v) is 4.92. The number of sulfonamides is 1. The lowest BCUT2D eigenvalue weighted by Crippen LogP contribution is -2.34. The number of aryl methyl sites for hydroxylation is 2. The van der Waals surface area contributed by atoms with Crippen molar-refractivity contribution in [3.8, 4) is 0 Å². The molecule has 0 atom stereocenters. The average molecular weight is 379 g/mol. The second-order valence-corrected chi connectivity index (χ2v) is 9.35. The summed E-state index contributed by atoms with van der Waals surface area (Å²) in [5.74, 6) is -0.134. The fraction of sp³-hybridized carbons (Fsp3) is 0.389. The number of nitrogens with zero attached hydrogens (tertiary/aromatic N) is 1. The van der Waals surface area contributed by atoms with E-state index in [1.807, 2.05) is 12.1 Å². The molecule has 1 aliphatic heterocycles. The Hall–Kier alpha value is -1.86. The molecule has 0 aliphatic carbocycles. The highest BCUT2D eigenvalue weighted by molar-refractivity contribution is 7.92. The summed E-state index contributed by atoms with van der Waals surface area (Å²) in [4.78, 5) is 14.9. The maximum absolute atomic E-state index is 12.4. The molecule has 1 N–H and O–H groups in total. The van der Waals surface area contributed by atoms with Crippen molar-refractivity contribution in [2.45, 2.75) is 32.7 Å². The molecule has 7 heteroatoms. The quantitative estimate of drug-likeness (QED) is 0.870. The number of hydrogen-bond acceptors (Lipinski definition) is 4. The van der Waals surface area contributed by atoms with Gasteiger partial charge >= 0.3 is 0 Å². The van der Waals surface area contributed by atoms with Gasteiger partial charge in [0.15, 0.2) is 0 Å². The Kier molecular flexibility index (Phi) is 5.15. The van der Waals surface area contributed by atoms with Crippen LogP contribution in [0.3, 0.4) is 0 Å². The zero-order chi connectivity index (χ0) is 18.0. The molecule has 0 saturated carbocycles. The molecule has 0 fully saturated rings. The maximum atomic E-state index is 12.4. The van der Waals surface area contributed by atoms with Crippen molar-refractivity contribution in [3.63, 3.8) is 0 Å². The normalized spacial score (nSPS) is 14.2. The number of benzene rings is 1. The van der Waals surface area contributed by atoms with Crippen LogP contribution in [0.2, 0.25) is 0 Å². The molecule has 2 aromatic rings. The zero-order valence-corrected chi connectivity index (χ0v) is 16.0. The van der Waals surface area contributed by atoms with E-state index in [2.05, 4.69) is 18.3 Å². The first-order chi connectivity index (χ1) is 11.9. The van der Waals surface area contributed by atoms with E-state index in [0.717, 1.165) is 29.7 Å². The fourth-order valence-electron chi connectivity index (χ4n) is 3.03. The maximum Gasteiger partial charge on any atom is 0.251 e. The summed E-state index contributed by atoms with van der Waals surface area (Å²) >= 11 is 1.71. The van der Waals surface area contributed by atoms with Gasteiger partial charge in [-0.05, 0) is 55.2 Å². The molecule has 5 nitrogen and oxygen atoms in total. The molecule has 25 heavy (non-hydrogen) atoms. The summed E-state index contributed by atoms with van der Waals surface area (Å²) in [6, 6.07) is 9.38. The van der Waals surface area contributed by atoms with Crippen LogP contribution < -0.4 is 9.62 Å². The summed E-state index contributed by atoms with van der Waals surface area (Å²) in [6.45, 7) is 3.12. The molecule has 3 rings (SSSR count). The molecular weight excluding hydrogens is 356 g/mol. The first kappa shape index (κ1) is 17.9. The van der Waals surface area contributed by atoms with Crippen LogP contribution in [0, 0.1) is 0 Å². The minimum Gasteiger partial charge on any atom is -0.347 e. The number of rotatable bonds is 5. The summed E-state index contributed by atoms with van der Waals surface area (Å²) in [5, 5.41) is 2.94. The monoisotopic (exact) mass is 378 g/mol. The van der Waals surface area contributed by atoms with E-state index in [1.54, 1.807) is 23.5 Å². The Balaban J connectivity index is 1.74. The van der Waals surface area contributed by atoms with E-state index in [9.17, 15) is 13.2 Å². The van der Waals surface area contributed by atoms with Crippen LogP contribution in [0.15, 0.2) is 30.3 Å². The van der Waals surface area contributed by atoms with Gasteiger partial charge < -0.3 is 5.32 Å². The van der Waals surface area contributed by atoms with Crippen LogP contribution in [0.4, 0.5) is 5.69 Å². The Morgan fingerprint density at radius 2 is 2.00 bits per heavy atom. The van der Waals surface area contributed by atoms with Gasteiger partial charge in [-0.3, -0.25) is 9.10 Å². The third-order valence-corrected chi connectivity index (χ3v) is 6.72. The number of fused-ring (bicyclic) bond motifs is 1. The van der Waals surface area contributed by atoms with Gasteiger partial charge in [-0.15, -0.1) is 11.3 Å². The number of amides is 1. The lowest BCUT2D eigenvalue weighted by molar-refractivity contribution is 0.0951. The first-order valence-corrected chi connectivity index (χ1v) is 11.0. The smallest absolute Gasteiger partial charge is 0.251 e. The van der Waals surface area contributed by atoms with Crippen molar-refractivity contribution >= 4 is 33.0 Å². The molecule has 0 spiro atoms. The second kappa shape index (κ2) is 7.17. The number of anilines is 1. The Labute approximate surface area is 152 Å². The minimum absolute atomic E-state index is 0.134. The number of thiophene rings is 1.